The number of carbonyl (C=O) groups is 1. The van der Waals surface area contributed by atoms with Gasteiger partial charge in [-0.3, -0.25) is 25.7 Å². The number of nitrogens with one attached hydrogen (secondary N) is 2. The van der Waals surface area contributed by atoms with Gasteiger partial charge in [0.2, 0.25) is 5.91 Å². The number of amides is 1. The molecule has 1 aromatic rings. The molecular weight excluding hydrogens is 560 g/mol. The van der Waals surface area contributed by atoms with Gasteiger partial charge in [-0.05, 0) is 49.6 Å². The number of rotatable bonds is 6. The lowest BCUT2D eigenvalue weighted by molar-refractivity contribution is -0.388. The Hall–Kier alpha value is -3.08. The van der Waals surface area contributed by atoms with E-state index in [0.717, 1.165) is 12.1 Å². The summed E-state index contributed by atoms with van der Waals surface area (Å²) in [6.07, 6.45) is -8.62. The Labute approximate surface area is 222 Å². The summed E-state index contributed by atoms with van der Waals surface area (Å²) < 4.78 is 88.3. The van der Waals surface area contributed by atoms with Crippen LogP contribution in [0.3, 0.4) is 0 Å². The molecule has 1 saturated carbocycles. The molecule has 0 unspecified atom stereocenters. The second-order valence-electron chi connectivity index (χ2n) is 8.86. The van der Waals surface area contributed by atoms with Crippen molar-refractivity contribution in [1.82, 2.24) is 9.80 Å². The van der Waals surface area contributed by atoms with Crippen LogP contribution < -0.4 is 4.74 Å². The van der Waals surface area contributed by atoms with E-state index in [1.54, 1.807) is 0 Å². The SMILES string of the molecule is N=C(SC(=N)C(F)(F)F)N1CCN(C(=O)COC2CCC(Oc3ccc([N+](=O)[O-])c(C(F)(F)F)c3)CC2)CC1. The van der Waals surface area contributed by atoms with Gasteiger partial charge in [-0.2, -0.15) is 26.3 Å². The molecule has 1 saturated heterocycles. The standard InChI is InChI=1S/C22H25F6N5O5S/c23-21(24,25)16-11-15(5-6-17(16)33(35)36)38-14-3-1-13(2-4-14)37-12-18(34)31-7-9-32(10-8-31)20(30)39-19(29)22(26,27)28/h5-6,11,13-14,29-30H,1-4,7-10,12H2. The number of hydrogen-bond donors (Lipinski definition) is 2. The highest BCUT2D eigenvalue weighted by Gasteiger charge is 2.39. The highest BCUT2D eigenvalue weighted by atomic mass is 32.2. The second-order valence-corrected chi connectivity index (χ2v) is 9.86. The Morgan fingerprint density at radius 2 is 1.56 bits per heavy atom. The van der Waals surface area contributed by atoms with Gasteiger partial charge < -0.3 is 19.3 Å². The molecule has 216 valence electrons. The molecule has 39 heavy (non-hydrogen) atoms. The van der Waals surface area contributed by atoms with E-state index in [4.69, 9.17) is 20.3 Å². The predicted octanol–water partition coefficient (Wildman–Crippen LogP) is 4.67. The van der Waals surface area contributed by atoms with Crippen LogP contribution >= 0.6 is 11.8 Å². The number of thioether (sulfide) groups is 1. The zero-order valence-corrected chi connectivity index (χ0v) is 21.1. The van der Waals surface area contributed by atoms with Crippen molar-refractivity contribution in [3.05, 3.63) is 33.9 Å². The molecule has 0 atom stereocenters. The number of nitro groups is 1. The largest absolute Gasteiger partial charge is 0.490 e. The van der Waals surface area contributed by atoms with E-state index in [1.807, 2.05) is 0 Å². The van der Waals surface area contributed by atoms with Crippen LogP contribution in [0.2, 0.25) is 0 Å². The number of ether oxygens (including phenoxy) is 2. The Kier molecular flexibility index (Phi) is 9.69. The molecule has 1 heterocycles. The Morgan fingerprint density at radius 3 is 2.10 bits per heavy atom. The van der Waals surface area contributed by atoms with Gasteiger partial charge >= 0.3 is 12.4 Å². The summed E-state index contributed by atoms with van der Waals surface area (Å²) in [5, 5.41) is 23.6. The second kappa shape index (κ2) is 12.4. The highest BCUT2D eigenvalue weighted by molar-refractivity contribution is 8.26. The average Bonchev–Trinajstić information content (AvgIpc) is 2.87. The van der Waals surface area contributed by atoms with E-state index in [-0.39, 0.29) is 62.3 Å². The third-order valence-corrected chi connectivity index (χ3v) is 7.10. The van der Waals surface area contributed by atoms with Crippen LogP contribution in [0.25, 0.3) is 0 Å². The Bertz CT molecular complexity index is 1090. The summed E-state index contributed by atoms with van der Waals surface area (Å²) in [7, 11) is 0. The van der Waals surface area contributed by atoms with Crippen molar-refractivity contribution >= 4 is 33.6 Å². The summed E-state index contributed by atoms with van der Waals surface area (Å²) in [5.41, 5.74) is -2.45. The molecular formula is C22H25F6N5O5S. The van der Waals surface area contributed by atoms with Crippen LogP contribution in [-0.2, 0) is 15.7 Å². The number of carbonyl (C=O) groups excluding carboxylic acids is 1. The van der Waals surface area contributed by atoms with Crippen molar-refractivity contribution in [2.45, 2.75) is 50.2 Å². The topological polar surface area (TPSA) is 133 Å². The molecule has 2 fully saturated rings. The first-order valence-electron chi connectivity index (χ1n) is 11.7. The van der Waals surface area contributed by atoms with Crippen LogP contribution in [0.15, 0.2) is 18.2 Å². The lowest BCUT2D eigenvalue weighted by Crippen LogP contribution is -2.51. The van der Waals surface area contributed by atoms with E-state index in [0.29, 0.717) is 31.7 Å². The maximum absolute atomic E-state index is 13.2. The van der Waals surface area contributed by atoms with E-state index in [1.165, 1.54) is 9.80 Å². The highest BCUT2D eigenvalue weighted by Crippen LogP contribution is 2.39. The van der Waals surface area contributed by atoms with Crippen molar-refractivity contribution in [3.8, 4) is 5.75 Å². The minimum absolute atomic E-state index is 0.00782. The zero-order chi connectivity index (χ0) is 29.0. The first kappa shape index (κ1) is 30.5. The minimum Gasteiger partial charge on any atom is -0.490 e. The molecule has 1 aliphatic heterocycles. The molecule has 0 radical (unpaired) electrons. The van der Waals surface area contributed by atoms with Gasteiger partial charge in [-0.1, -0.05) is 0 Å². The molecule has 0 bridgehead atoms. The van der Waals surface area contributed by atoms with Crippen molar-refractivity contribution < 1.29 is 45.5 Å². The lowest BCUT2D eigenvalue weighted by atomic mass is 9.95. The van der Waals surface area contributed by atoms with E-state index in [2.05, 4.69) is 0 Å². The van der Waals surface area contributed by atoms with Crippen molar-refractivity contribution in [3.63, 3.8) is 0 Å². The van der Waals surface area contributed by atoms with E-state index >= 15 is 0 Å². The summed E-state index contributed by atoms with van der Waals surface area (Å²) >= 11 is 0.00782. The normalized spacial score (nSPS) is 20.5. The fourth-order valence-corrected chi connectivity index (χ4v) is 4.76. The maximum Gasteiger partial charge on any atom is 0.439 e. The van der Waals surface area contributed by atoms with Crippen LogP contribution in [0.5, 0.6) is 5.75 Å². The number of piperazine rings is 1. The average molecular weight is 586 g/mol. The monoisotopic (exact) mass is 585 g/mol. The first-order valence-corrected chi connectivity index (χ1v) is 12.6. The number of nitro benzene ring substituents is 1. The molecule has 1 aromatic carbocycles. The van der Waals surface area contributed by atoms with Crippen molar-refractivity contribution in [1.29, 1.82) is 10.8 Å². The molecule has 1 aliphatic carbocycles. The molecule has 17 heteroatoms. The van der Waals surface area contributed by atoms with Crippen molar-refractivity contribution in [2.24, 2.45) is 0 Å². The van der Waals surface area contributed by atoms with Gasteiger partial charge in [0.1, 0.15) is 17.9 Å². The third-order valence-electron chi connectivity index (χ3n) is 6.21. The smallest absolute Gasteiger partial charge is 0.439 e. The van der Waals surface area contributed by atoms with Gasteiger partial charge in [0.05, 0.1) is 17.1 Å². The van der Waals surface area contributed by atoms with E-state index in [9.17, 15) is 41.3 Å². The first-order chi connectivity index (χ1) is 18.1. The van der Waals surface area contributed by atoms with E-state index < -0.39 is 44.8 Å². The number of alkyl halides is 6. The molecule has 1 amide bonds. The number of nitrogens with zero attached hydrogens (tertiary/aromatic N) is 3. The van der Waals surface area contributed by atoms with Gasteiger partial charge in [0, 0.05) is 32.2 Å². The number of halogens is 6. The quantitative estimate of drug-likeness (QED) is 0.163. The summed E-state index contributed by atoms with van der Waals surface area (Å²) in [5.74, 6) is -0.450. The molecule has 2 N–H and O–H groups in total. The fourth-order valence-electron chi connectivity index (χ4n) is 4.14. The summed E-state index contributed by atoms with van der Waals surface area (Å²) in [4.78, 5) is 25.1. The van der Waals surface area contributed by atoms with Crippen LogP contribution in [0.4, 0.5) is 32.0 Å². The van der Waals surface area contributed by atoms with Gasteiger partial charge in [0.25, 0.3) is 5.69 Å². The summed E-state index contributed by atoms with van der Waals surface area (Å²) in [6, 6.07) is 2.49. The third kappa shape index (κ3) is 8.45. The molecule has 3 rings (SSSR count). The maximum atomic E-state index is 13.2. The summed E-state index contributed by atoms with van der Waals surface area (Å²) in [6.45, 7) is 0.423. The van der Waals surface area contributed by atoms with Gasteiger partial charge in [0.15, 0.2) is 10.2 Å². The van der Waals surface area contributed by atoms with Crippen LogP contribution in [0, 0.1) is 20.9 Å². The predicted molar refractivity (Wildman–Crippen MR) is 128 cm³/mol. The van der Waals surface area contributed by atoms with Crippen molar-refractivity contribution in [2.75, 3.05) is 32.8 Å². The van der Waals surface area contributed by atoms with Gasteiger partial charge in [-0.25, -0.2) is 0 Å². The Balaban J connectivity index is 1.40. The fraction of sp³-hybridized carbons (Fsp3) is 0.591. The molecule has 2 aliphatic rings. The molecule has 0 aromatic heterocycles. The lowest BCUT2D eigenvalue weighted by Gasteiger charge is -2.36. The van der Waals surface area contributed by atoms with Gasteiger partial charge in [-0.15, -0.1) is 0 Å². The number of amidine groups is 1. The number of hydrogen-bond acceptors (Lipinski definition) is 8. The Morgan fingerprint density at radius 1 is 1.00 bits per heavy atom. The number of benzene rings is 1. The van der Waals surface area contributed by atoms with Crippen LogP contribution in [0.1, 0.15) is 31.2 Å². The minimum atomic E-state index is -4.91. The zero-order valence-electron chi connectivity index (χ0n) is 20.3. The van der Waals surface area contributed by atoms with Crippen LogP contribution in [-0.4, -0.2) is 82.0 Å². The molecule has 10 nitrogen and oxygen atoms in total. The molecule has 0 spiro atoms.